The van der Waals surface area contributed by atoms with Gasteiger partial charge in [0, 0.05) is 0 Å². The summed E-state index contributed by atoms with van der Waals surface area (Å²) in [5.41, 5.74) is 1.22. The molecule has 0 amide bonds. The van der Waals surface area contributed by atoms with E-state index in [2.05, 4.69) is 0 Å². The molecule has 0 aliphatic heterocycles. The van der Waals surface area contributed by atoms with Crippen molar-refractivity contribution in [2.24, 2.45) is 0 Å². The average molecular weight is 348 g/mol. The van der Waals surface area contributed by atoms with Gasteiger partial charge in [-0.3, -0.25) is 4.79 Å². The molecule has 0 aliphatic rings. The normalized spacial score (nSPS) is 12.1. The maximum absolute atomic E-state index is 10.6. The standard InChI is InChI=1S/C13H17IO3/c1-2-17-11-8-6-10(7-9-11)4-3-5-12(14)13(15)16/h6-9,12H,2-5H2,1H3,(H,15,16). The van der Waals surface area contributed by atoms with E-state index in [1.807, 2.05) is 53.8 Å². The van der Waals surface area contributed by atoms with E-state index in [1.54, 1.807) is 0 Å². The van der Waals surface area contributed by atoms with E-state index in [0.717, 1.165) is 18.6 Å². The lowest BCUT2D eigenvalue weighted by molar-refractivity contribution is -0.136. The number of hydrogen-bond donors (Lipinski definition) is 1. The third-order valence-electron chi connectivity index (χ3n) is 2.43. The minimum atomic E-state index is -0.725. The van der Waals surface area contributed by atoms with E-state index in [4.69, 9.17) is 9.84 Å². The SMILES string of the molecule is CCOc1ccc(CCCC(I)C(=O)O)cc1. The van der Waals surface area contributed by atoms with Gasteiger partial charge in [0.25, 0.3) is 0 Å². The molecule has 1 rings (SSSR count). The van der Waals surface area contributed by atoms with Crippen molar-refractivity contribution in [2.75, 3.05) is 6.61 Å². The second-order valence-corrected chi connectivity index (χ2v) is 5.28. The minimum absolute atomic E-state index is 0.282. The molecular formula is C13H17IO3. The fourth-order valence-corrected chi connectivity index (χ4v) is 1.97. The molecule has 1 atom stereocenters. The number of carboxylic acid groups (broad SMARTS) is 1. The van der Waals surface area contributed by atoms with Gasteiger partial charge >= 0.3 is 5.97 Å². The smallest absolute Gasteiger partial charge is 0.316 e. The van der Waals surface area contributed by atoms with E-state index < -0.39 is 5.97 Å². The van der Waals surface area contributed by atoms with E-state index in [0.29, 0.717) is 13.0 Å². The van der Waals surface area contributed by atoms with Crippen molar-refractivity contribution < 1.29 is 14.6 Å². The molecule has 3 nitrogen and oxygen atoms in total. The Balaban J connectivity index is 2.34. The van der Waals surface area contributed by atoms with Gasteiger partial charge in [-0.25, -0.2) is 0 Å². The van der Waals surface area contributed by atoms with Crippen molar-refractivity contribution >= 4 is 28.6 Å². The maximum atomic E-state index is 10.6. The van der Waals surface area contributed by atoms with Crippen molar-refractivity contribution in [3.8, 4) is 5.75 Å². The highest BCUT2D eigenvalue weighted by molar-refractivity contribution is 14.1. The fraction of sp³-hybridized carbons (Fsp3) is 0.462. The molecule has 94 valence electrons. The van der Waals surface area contributed by atoms with Gasteiger partial charge in [0.2, 0.25) is 0 Å². The zero-order valence-corrected chi connectivity index (χ0v) is 12.0. The highest BCUT2D eigenvalue weighted by Crippen LogP contribution is 2.16. The van der Waals surface area contributed by atoms with Gasteiger partial charge in [-0.2, -0.15) is 0 Å². The first-order chi connectivity index (χ1) is 8.13. The van der Waals surface area contributed by atoms with Gasteiger partial charge in [0.15, 0.2) is 0 Å². The van der Waals surface area contributed by atoms with Crippen LogP contribution in [0.1, 0.15) is 25.3 Å². The summed E-state index contributed by atoms with van der Waals surface area (Å²) < 4.78 is 5.07. The van der Waals surface area contributed by atoms with Gasteiger partial charge in [0.1, 0.15) is 9.67 Å². The summed E-state index contributed by atoms with van der Waals surface area (Å²) in [4.78, 5) is 10.6. The summed E-state index contributed by atoms with van der Waals surface area (Å²) in [5.74, 6) is 0.158. The van der Waals surface area contributed by atoms with E-state index in [1.165, 1.54) is 5.56 Å². The Morgan fingerprint density at radius 1 is 1.41 bits per heavy atom. The highest BCUT2D eigenvalue weighted by Gasteiger charge is 2.11. The van der Waals surface area contributed by atoms with Gasteiger partial charge in [-0.05, 0) is 43.9 Å². The van der Waals surface area contributed by atoms with Crippen LogP contribution in [0.2, 0.25) is 0 Å². The Kier molecular flexibility index (Phi) is 6.32. The monoisotopic (exact) mass is 348 g/mol. The number of halogens is 1. The van der Waals surface area contributed by atoms with Crippen molar-refractivity contribution in [1.29, 1.82) is 0 Å². The summed E-state index contributed by atoms with van der Waals surface area (Å²) in [5, 5.41) is 8.75. The van der Waals surface area contributed by atoms with Crippen molar-refractivity contribution in [3.63, 3.8) is 0 Å². The second kappa shape index (κ2) is 7.53. The Morgan fingerprint density at radius 3 is 2.59 bits per heavy atom. The first-order valence-corrected chi connectivity index (χ1v) is 6.96. The predicted octanol–water partition coefficient (Wildman–Crippen LogP) is 3.30. The number of aliphatic carboxylic acids is 1. The molecule has 0 bridgehead atoms. The molecule has 0 saturated carbocycles. The molecule has 1 unspecified atom stereocenters. The number of rotatable bonds is 7. The molecule has 1 N–H and O–H groups in total. The largest absolute Gasteiger partial charge is 0.494 e. The summed E-state index contributed by atoms with van der Waals surface area (Å²) >= 11 is 1.97. The molecular weight excluding hydrogens is 331 g/mol. The molecule has 0 radical (unpaired) electrons. The fourth-order valence-electron chi connectivity index (χ4n) is 1.53. The first-order valence-electron chi connectivity index (χ1n) is 5.72. The zero-order chi connectivity index (χ0) is 12.7. The molecule has 0 spiro atoms. The summed E-state index contributed by atoms with van der Waals surface area (Å²) in [6, 6.07) is 7.98. The number of carbonyl (C=O) groups is 1. The number of ether oxygens (including phenoxy) is 1. The molecule has 17 heavy (non-hydrogen) atoms. The van der Waals surface area contributed by atoms with E-state index in [-0.39, 0.29) is 3.92 Å². The Bertz CT molecular complexity index is 348. The number of carboxylic acids is 1. The lowest BCUT2D eigenvalue weighted by atomic mass is 10.1. The summed E-state index contributed by atoms with van der Waals surface area (Å²) in [6.07, 6.45) is 2.52. The van der Waals surface area contributed by atoms with E-state index >= 15 is 0 Å². The average Bonchev–Trinajstić information content (AvgIpc) is 2.31. The first kappa shape index (κ1) is 14.3. The van der Waals surface area contributed by atoms with Crippen LogP contribution in [0.5, 0.6) is 5.75 Å². The van der Waals surface area contributed by atoms with Gasteiger partial charge in [-0.1, -0.05) is 34.7 Å². The van der Waals surface area contributed by atoms with Crippen molar-refractivity contribution in [1.82, 2.24) is 0 Å². The van der Waals surface area contributed by atoms with Crippen LogP contribution in [0.15, 0.2) is 24.3 Å². The second-order valence-electron chi connectivity index (χ2n) is 3.77. The molecule has 0 fully saturated rings. The van der Waals surface area contributed by atoms with Crippen LogP contribution in [0.3, 0.4) is 0 Å². The topological polar surface area (TPSA) is 46.5 Å². The van der Waals surface area contributed by atoms with Crippen LogP contribution in [-0.4, -0.2) is 21.6 Å². The molecule has 0 aromatic heterocycles. The Labute approximate surface area is 115 Å². The predicted molar refractivity (Wildman–Crippen MR) is 76.0 cm³/mol. The number of benzene rings is 1. The number of alkyl halides is 1. The van der Waals surface area contributed by atoms with Crippen LogP contribution in [-0.2, 0) is 11.2 Å². The Morgan fingerprint density at radius 2 is 2.06 bits per heavy atom. The highest BCUT2D eigenvalue weighted by atomic mass is 127. The number of hydrogen-bond acceptors (Lipinski definition) is 2. The molecule has 1 aromatic carbocycles. The lowest BCUT2D eigenvalue weighted by Gasteiger charge is -2.06. The van der Waals surface area contributed by atoms with Crippen LogP contribution in [0.4, 0.5) is 0 Å². The zero-order valence-electron chi connectivity index (χ0n) is 9.86. The number of aryl methyl sites for hydroxylation is 1. The lowest BCUT2D eigenvalue weighted by Crippen LogP contribution is -2.12. The molecule has 0 aliphatic carbocycles. The van der Waals surface area contributed by atoms with Crippen LogP contribution < -0.4 is 4.74 Å². The van der Waals surface area contributed by atoms with Crippen LogP contribution in [0, 0.1) is 0 Å². The molecule has 1 aromatic rings. The van der Waals surface area contributed by atoms with E-state index in [9.17, 15) is 4.79 Å². The third kappa shape index (κ3) is 5.39. The van der Waals surface area contributed by atoms with Crippen molar-refractivity contribution in [2.45, 2.75) is 30.1 Å². The molecule has 0 saturated heterocycles. The van der Waals surface area contributed by atoms with Gasteiger partial charge in [-0.15, -0.1) is 0 Å². The third-order valence-corrected chi connectivity index (χ3v) is 3.58. The van der Waals surface area contributed by atoms with Gasteiger partial charge < -0.3 is 9.84 Å². The Hall–Kier alpha value is -0.780. The quantitative estimate of drug-likeness (QED) is 0.608. The summed E-state index contributed by atoms with van der Waals surface area (Å²) in [7, 11) is 0. The van der Waals surface area contributed by atoms with Crippen LogP contribution >= 0.6 is 22.6 Å². The summed E-state index contributed by atoms with van der Waals surface area (Å²) in [6.45, 7) is 2.63. The molecule has 4 heteroatoms. The van der Waals surface area contributed by atoms with Crippen molar-refractivity contribution in [3.05, 3.63) is 29.8 Å². The maximum Gasteiger partial charge on any atom is 0.316 e. The van der Waals surface area contributed by atoms with Gasteiger partial charge in [0.05, 0.1) is 6.61 Å². The molecule has 0 heterocycles. The van der Waals surface area contributed by atoms with Crippen LogP contribution in [0.25, 0.3) is 0 Å². The minimum Gasteiger partial charge on any atom is -0.494 e.